The van der Waals surface area contributed by atoms with Crippen molar-refractivity contribution in [2.24, 2.45) is 5.92 Å². The summed E-state index contributed by atoms with van der Waals surface area (Å²) in [6.07, 6.45) is 0.438. The van der Waals surface area contributed by atoms with Crippen molar-refractivity contribution >= 4 is 0 Å². The number of nitrogens with zero attached hydrogens (tertiary/aromatic N) is 1. The maximum atomic E-state index is 13.3. The molecule has 0 saturated heterocycles. The van der Waals surface area contributed by atoms with Gasteiger partial charge in [0.05, 0.1) is 32.4 Å². The van der Waals surface area contributed by atoms with Crippen LogP contribution in [0.4, 0.5) is 13.2 Å². The molecule has 0 spiro atoms. The Hall–Kier alpha value is -2.67. The molecule has 0 fully saturated rings. The second-order valence-corrected chi connectivity index (χ2v) is 8.11. The number of hydrogen-bond donors (Lipinski definition) is 1. The van der Waals surface area contributed by atoms with Crippen LogP contribution in [-0.4, -0.2) is 36.7 Å². The van der Waals surface area contributed by atoms with Gasteiger partial charge < -0.3 is 19.1 Å². The van der Waals surface area contributed by atoms with Gasteiger partial charge in [-0.2, -0.15) is 13.2 Å². The molecule has 1 aliphatic rings. The highest BCUT2D eigenvalue weighted by Crippen LogP contribution is 2.41. The summed E-state index contributed by atoms with van der Waals surface area (Å²) < 4.78 is 52.8. The number of benzene rings is 1. The maximum Gasteiger partial charge on any atom is 0.391 e. The summed E-state index contributed by atoms with van der Waals surface area (Å²) in [7, 11) is 3.17. The van der Waals surface area contributed by atoms with Gasteiger partial charge in [0.1, 0.15) is 11.5 Å². The van der Waals surface area contributed by atoms with E-state index >= 15 is 0 Å². The van der Waals surface area contributed by atoms with Crippen molar-refractivity contribution in [3.63, 3.8) is 0 Å². The molecule has 182 valence electrons. The quantitative estimate of drug-likeness (QED) is 0.399. The van der Waals surface area contributed by atoms with E-state index in [0.717, 1.165) is 28.1 Å². The first-order valence-electron chi connectivity index (χ1n) is 11.0. The molecule has 4 nitrogen and oxygen atoms in total. The molecule has 0 amide bonds. The third-order valence-electron chi connectivity index (χ3n) is 5.81. The molecule has 33 heavy (non-hydrogen) atoms. The van der Waals surface area contributed by atoms with Gasteiger partial charge in [-0.3, -0.25) is 0 Å². The first-order chi connectivity index (χ1) is 15.7. The SMILES string of the molecule is C=CC.COc1ccc(-c2cc3c(n2C/C=C(\C)CO)CCC(C(F)(F)F)CC3)c(OC)c1. The van der Waals surface area contributed by atoms with Crippen LogP contribution >= 0.6 is 0 Å². The molecule has 7 heteroatoms. The zero-order valence-corrected chi connectivity index (χ0v) is 19.8. The Kier molecular flexibility index (Phi) is 9.65. The Bertz CT molecular complexity index is 960. The number of methoxy groups -OCH3 is 2. The van der Waals surface area contributed by atoms with Crippen molar-refractivity contribution < 1.29 is 27.8 Å². The van der Waals surface area contributed by atoms with Gasteiger partial charge in [0.2, 0.25) is 0 Å². The van der Waals surface area contributed by atoms with Gasteiger partial charge in [-0.05, 0) is 63.3 Å². The topological polar surface area (TPSA) is 43.6 Å². The number of fused-ring (bicyclic) bond motifs is 1. The molecule has 3 rings (SSSR count). The smallest absolute Gasteiger partial charge is 0.391 e. The minimum Gasteiger partial charge on any atom is -0.497 e. The Morgan fingerprint density at radius 2 is 1.85 bits per heavy atom. The van der Waals surface area contributed by atoms with Gasteiger partial charge in [0.25, 0.3) is 0 Å². The highest BCUT2D eigenvalue weighted by Gasteiger charge is 2.40. The second-order valence-electron chi connectivity index (χ2n) is 8.11. The number of aliphatic hydroxyl groups is 1. The highest BCUT2D eigenvalue weighted by molar-refractivity contribution is 5.71. The van der Waals surface area contributed by atoms with E-state index in [1.165, 1.54) is 0 Å². The monoisotopic (exact) mass is 465 g/mol. The molecule has 1 aromatic carbocycles. The molecule has 1 unspecified atom stereocenters. The number of rotatable bonds is 6. The third-order valence-corrected chi connectivity index (χ3v) is 5.81. The lowest BCUT2D eigenvalue weighted by Crippen LogP contribution is -2.23. The lowest BCUT2D eigenvalue weighted by molar-refractivity contribution is -0.177. The molecule has 0 aliphatic heterocycles. The number of aryl methyl sites for hydroxylation is 1. The average molecular weight is 466 g/mol. The molecule has 1 N–H and O–H groups in total. The number of hydrogen-bond acceptors (Lipinski definition) is 3. The number of allylic oxidation sites excluding steroid dienone is 2. The van der Waals surface area contributed by atoms with E-state index in [0.29, 0.717) is 30.9 Å². The number of ether oxygens (including phenoxy) is 2. The minimum absolute atomic E-state index is 0.0548. The summed E-state index contributed by atoms with van der Waals surface area (Å²) in [5.41, 5.74) is 4.44. The van der Waals surface area contributed by atoms with Crippen LogP contribution in [0.15, 0.2) is 48.6 Å². The van der Waals surface area contributed by atoms with E-state index in [1.807, 2.05) is 38.1 Å². The summed E-state index contributed by atoms with van der Waals surface area (Å²) in [5.74, 6) is 0.0330. The molecular weight excluding hydrogens is 431 g/mol. The van der Waals surface area contributed by atoms with Crippen LogP contribution in [0.3, 0.4) is 0 Å². The third kappa shape index (κ3) is 6.67. The average Bonchev–Trinajstić information content (AvgIpc) is 2.98. The van der Waals surface area contributed by atoms with Gasteiger partial charge in [-0.15, -0.1) is 6.58 Å². The zero-order chi connectivity index (χ0) is 24.6. The van der Waals surface area contributed by atoms with Crippen molar-refractivity contribution in [1.82, 2.24) is 4.57 Å². The van der Waals surface area contributed by atoms with E-state index in [2.05, 4.69) is 11.1 Å². The largest absolute Gasteiger partial charge is 0.497 e. The van der Waals surface area contributed by atoms with Crippen LogP contribution in [0.2, 0.25) is 0 Å². The van der Waals surface area contributed by atoms with E-state index in [4.69, 9.17) is 9.47 Å². The fourth-order valence-electron chi connectivity index (χ4n) is 4.02. The van der Waals surface area contributed by atoms with Crippen LogP contribution in [0.25, 0.3) is 11.3 Å². The standard InChI is InChI=1S/C23H28F3NO3.C3H6/c1-15(14-28)10-11-27-20-9-6-17(23(24,25)26)5-4-16(20)12-21(27)19-8-7-18(29-2)13-22(19)30-3;1-3-2/h7-8,10,12-13,17,28H,4-6,9,11,14H2,1-3H3;3H,1H2,2H3/b15-10+;. The minimum atomic E-state index is -4.16. The second kappa shape index (κ2) is 12.0. The van der Waals surface area contributed by atoms with Gasteiger partial charge in [-0.1, -0.05) is 17.7 Å². The lowest BCUT2D eigenvalue weighted by atomic mass is 9.99. The first-order valence-corrected chi connectivity index (χ1v) is 11.0. The highest BCUT2D eigenvalue weighted by atomic mass is 19.4. The van der Waals surface area contributed by atoms with Crippen molar-refractivity contribution in [2.45, 2.75) is 52.3 Å². The molecule has 2 aromatic rings. The normalized spacial score (nSPS) is 16.2. The molecule has 1 aromatic heterocycles. The summed E-state index contributed by atoms with van der Waals surface area (Å²) in [4.78, 5) is 0. The molecular formula is C26H34F3NO3. The van der Waals surface area contributed by atoms with Crippen LogP contribution < -0.4 is 9.47 Å². The van der Waals surface area contributed by atoms with Crippen molar-refractivity contribution in [1.29, 1.82) is 0 Å². The van der Waals surface area contributed by atoms with E-state index in [9.17, 15) is 18.3 Å². The molecule has 1 atom stereocenters. The predicted molar refractivity (Wildman–Crippen MR) is 126 cm³/mol. The number of alkyl halides is 3. The molecule has 0 radical (unpaired) electrons. The summed E-state index contributed by atoms with van der Waals surface area (Å²) in [5, 5.41) is 9.36. The van der Waals surface area contributed by atoms with Crippen molar-refractivity contribution in [2.75, 3.05) is 20.8 Å². The molecule has 1 heterocycles. The van der Waals surface area contributed by atoms with Crippen LogP contribution in [0, 0.1) is 5.92 Å². The number of halogens is 3. The first kappa shape index (κ1) is 26.6. The predicted octanol–water partition coefficient (Wildman–Crippen LogP) is 6.36. The summed E-state index contributed by atoms with van der Waals surface area (Å²) in [6, 6.07) is 7.53. The Labute approximate surface area is 194 Å². The van der Waals surface area contributed by atoms with Gasteiger partial charge in [-0.25, -0.2) is 0 Å². The van der Waals surface area contributed by atoms with Gasteiger partial charge >= 0.3 is 6.18 Å². The Morgan fingerprint density at radius 3 is 2.42 bits per heavy atom. The maximum absolute atomic E-state index is 13.3. The van der Waals surface area contributed by atoms with E-state index in [1.54, 1.807) is 26.4 Å². The fourth-order valence-corrected chi connectivity index (χ4v) is 4.02. The van der Waals surface area contributed by atoms with Crippen molar-refractivity contribution in [3.8, 4) is 22.8 Å². The number of aliphatic hydroxyl groups excluding tert-OH is 1. The van der Waals surface area contributed by atoms with E-state index < -0.39 is 12.1 Å². The Morgan fingerprint density at radius 1 is 1.18 bits per heavy atom. The zero-order valence-electron chi connectivity index (χ0n) is 19.8. The van der Waals surface area contributed by atoms with Crippen LogP contribution in [-0.2, 0) is 19.4 Å². The number of aromatic nitrogens is 1. The van der Waals surface area contributed by atoms with E-state index in [-0.39, 0.29) is 19.4 Å². The van der Waals surface area contributed by atoms with Gasteiger partial charge in [0.15, 0.2) is 0 Å². The summed E-state index contributed by atoms with van der Waals surface area (Å²) >= 11 is 0. The molecule has 1 aliphatic carbocycles. The van der Waals surface area contributed by atoms with Crippen molar-refractivity contribution in [3.05, 3.63) is 59.8 Å². The van der Waals surface area contributed by atoms with Crippen LogP contribution in [0.5, 0.6) is 11.5 Å². The van der Waals surface area contributed by atoms with Crippen LogP contribution in [0.1, 0.15) is 37.9 Å². The molecule has 0 saturated carbocycles. The summed E-state index contributed by atoms with van der Waals surface area (Å²) in [6.45, 7) is 7.50. The van der Waals surface area contributed by atoms with Gasteiger partial charge in [0, 0.05) is 23.9 Å². The Balaban J connectivity index is 0.00000122. The molecule has 0 bridgehead atoms. The fraction of sp³-hybridized carbons (Fsp3) is 0.462. The lowest BCUT2D eigenvalue weighted by Gasteiger charge is -2.19.